The number of rotatable bonds is 7. The minimum absolute atomic E-state index is 0.0537. The first-order valence-electron chi connectivity index (χ1n) is 10.0. The smallest absolute Gasteiger partial charge is 0.258 e. The molecule has 1 atom stereocenters. The lowest BCUT2D eigenvalue weighted by molar-refractivity contribution is -0.435. The van der Waals surface area contributed by atoms with Crippen LogP contribution >= 0.6 is 7.75 Å². The van der Waals surface area contributed by atoms with Gasteiger partial charge in [-0.1, -0.05) is 57.2 Å². The molecule has 3 N–H and O–H groups in total. The number of para-hydroxylation sites is 1. The summed E-state index contributed by atoms with van der Waals surface area (Å²) in [4.78, 5) is 0. The average molecular weight is 403 g/mol. The number of hydrogen-bond donors (Lipinski definition) is 2. The molecule has 28 heavy (non-hydrogen) atoms. The first-order chi connectivity index (χ1) is 13.3. The zero-order chi connectivity index (χ0) is 20.0. The summed E-state index contributed by atoms with van der Waals surface area (Å²) in [6, 6.07) is 19.0. The van der Waals surface area contributed by atoms with Crippen molar-refractivity contribution < 1.29 is 18.8 Å². The molecule has 1 fully saturated rings. The van der Waals surface area contributed by atoms with E-state index >= 15 is 0 Å². The third-order valence-electron chi connectivity index (χ3n) is 5.37. The third-order valence-corrected chi connectivity index (χ3v) is 6.92. The number of nitrogens with two attached hydrogens (primary N) is 1. The zero-order valence-electron chi connectivity index (χ0n) is 17.0. The van der Waals surface area contributed by atoms with E-state index in [1.54, 1.807) is 5.09 Å². The van der Waals surface area contributed by atoms with Crippen molar-refractivity contribution in [2.24, 2.45) is 11.3 Å². The van der Waals surface area contributed by atoms with Crippen LogP contribution in [0.3, 0.4) is 0 Å². The summed E-state index contributed by atoms with van der Waals surface area (Å²) in [6.45, 7) is 6.87. The summed E-state index contributed by atoms with van der Waals surface area (Å²) in [6.07, 6.45) is 3.94. The average Bonchev–Trinajstić information content (AvgIpc) is 2.68. The molecule has 1 saturated carbocycles. The van der Waals surface area contributed by atoms with Gasteiger partial charge in [-0.3, -0.25) is 10.0 Å². The molecule has 0 saturated heterocycles. The highest BCUT2D eigenvalue weighted by atomic mass is 31.2. The van der Waals surface area contributed by atoms with Gasteiger partial charge < -0.3 is 0 Å². The predicted octanol–water partition coefficient (Wildman–Crippen LogP) is 5.65. The highest BCUT2D eigenvalue weighted by Gasteiger charge is 2.39. The van der Waals surface area contributed by atoms with E-state index in [1.165, 1.54) is 0 Å². The van der Waals surface area contributed by atoms with Gasteiger partial charge in [-0.25, -0.2) is 5.09 Å². The molecule has 6 heteroatoms. The summed E-state index contributed by atoms with van der Waals surface area (Å²) in [7, 11) is -3.47. The molecule has 1 aliphatic carbocycles. The van der Waals surface area contributed by atoms with Crippen LogP contribution in [0.25, 0.3) is 0 Å². The Morgan fingerprint density at radius 2 is 1.50 bits per heavy atom. The molecule has 0 aliphatic heterocycles. The number of nitrogens with one attached hydrogen (secondary N) is 1. The Labute approximate surface area is 168 Å². The Balaban J connectivity index is 1.66. The second-order valence-electron chi connectivity index (χ2n) is 8.58. The second kappa shape index (κ2) is 9.23. The van der Waals surface area contributed by atoms with Crippen molar-refractivity contribution in [3.8, 4) is 0 Å². The second-order valence-corrected chi connectivity index (χ2v) is 10.3. The summed E-state index contributed by atoms with van der Waals surface area (Å²) >= 11 is 0. The highest BCUT2D eigenvalue weighted by Crippen LogP contribution is 2.45. The van der Waals surface area contributed by atoms with E-state index in [1.807, 2.05) is 60.7 Å². The van der Waals surface area contributed by atoms with Gasteiger partial charge in [0.1, 0.15) is 5.69 Å². The molecule has 1 aliphatic rings. The maximum Gasteiger partial charge on any atom is 0.555 e. The molecule has 3 rings (SSSR count). The molecule has 152 valence electrons. The zero-order valence-corrected chi connectivity index (χ0v) is 17.9. The normalized spacial score (nSPS) is 22.4. The van der Waals surface area contributed by atoms with Crippen molar-refractivity contribution >= 4 is 19.1 Å². The van der Waals surface area contributed by atoms with Crippen molar-refractivity contribution in [1.29, 1.82) is 0 Å². The van der Waals surface area contributed by atoms with E-state index in [0.29, 0.717) is 11.3 Å². The number of benzene rings is 2. The van der Waals surface area contributed by atoms with Crippen molar-refractivity contribution in [3.63, 3.8) is 0 Å². The van der Waals surface area contributed by atoms with E-state index < -0.39 is 7.75 Å². The fourth-order valence-electron chi connectivity index (χ4n) is 3.66. The van der Waals surface area contributed by atoms with Gasteiger partial charge in [-0.05, 0) is 61.3 Å². The van der Waals surface area contributed by atoms with Crippen LogP contribution in [-0.4, -0.2) is 6.10 Å². The van der Waals surface area contributed by atoms with Crippen LogP contribution in [-0.2, 0) is 13.7 Å². The standard InChI is InChI=1S/C22H31N2O3P/c1-22(2,3)18-14-16-21(17-15-18)26-28(25,24-20-12-8-5-9-13-20)27-23-19-10-6-4-7-11-19/h4-13,18,21,23H,14-17H2,1-3H3,(H,24,25)/p+1. The van der Waals surface area contributed by atoms with Crippen LogP contribution in [0.2, 0.25) is 0 Å². The Bertz CT molecular complexity index is 769. The largest absolute Gasteiger partial charge is 0.555 e. The molecule has 0 radical (unpaired) electrons. The van der Waals surface area contributed by atoms with Crippen LogP contribution < -0.4 is 10.6 Å². The molecule has 1 unspecified atom stereocenters. The number of hydrogen-bond acceptors (Lipinski definition) is 4. The number of quaternary nitrogens is 1. The molecule has 0 aromatic heterocycles. The molecule has 0 amide bonds. The first-order valence-corrected chi connectivity index (χ1v) is 11.6. The van der Waals surface area contributed by atoms with E-state index in [0.717, 1.165) is 37.1 Å². The molecular formula is C22H32N2O3P+. The molecule has 5 nitrogen and oxygen atoms in total. The van der Waals surface area contributed by atoms with E-state index in [9.17, 15) is 4.57 Å². The molecular weight excluding hydrogens is 371 g/mol. The van der Waals surface area contributed by atoms with Crippen LogP contribution in [0.15, 0.2) is 60.7 Å². The maximum absolute atomic E-state index is 13.5. The van der Waals surface area contributed by atoms with Gasteiger partial charge in [0.15, 0.2) is 0 Å². The fraction of sp³-hybridized carbons (Fsp3) is 0.455. The summed E-state index contributed by atoms with van der Waals surface area (Å²) in [5.41, 5.74) is 4.67. The van der Waals surface area contributed by atoms with E-state index in [4.69, 9.17) is 9.15 Å². The predicted molar refractivity (Wildman–Crippen MR) is 113 cm³/mol. The van der Waals surface area contributed by atoms with Crippen LogP contribution in [0.5, 0.6) is 0 Å². The first kappa shape index (κ1) is 21.1. The van der Waals surface area contributed by atoms with Gasteiger partial charge >= 0.3 is 7.75 Å². The Morgan fingerprint density at radius 1 is 0.929 bits per heavy atom. The summed E-state index contributed by atoms with van der Waals surface area (Å²) in [5, 5.41) is 1.61. The quantitative estimate of drug-likeness (QED) is 0.356. The summed E-state index contributed by atoms with van der Waals surface area (Å²) in [5.74, 6) is 0.674. The van der Waals surface area contributed by atoms with Gasteiger partial charge in [0.2, 0.25) is 0 Å². The van der Waals surface area contributed by atoms with Gasteiger partial charge in [-0.2, -0.15) is 4.57 Å². The summed E-state index contributed by atoms with van der Waals surface area (Å²) < 4.78 is 25.3. The van der Waals surface area contributed by atoms with Crippen LogP contribution in [0, 0.1) is 11.3 Å². The fourth-order valence-corrected chi connectivity index (χ4v) is 5.22. The monoisotopic (exact) mass is 403 g/mol. The maximum atomic E-state index is 13.5. The molecule has 0 heterocycles. The van der Waals surface area contributed by atoms with E-state index in [-0.39, 0.29) is 6.10 Å². The Kier molecular flexibility index (Phi) is 6.95. The lowest BCUT2D eigenvalue weighted by Crippen LogP contribution is -2.73. The van der Waals surface area contributed by atoms with Crippen molar-refractivity contribution in [3.05, 3.63) is 60.7 Å². The van der Waals surface area contributed by atoms with E-state index in [2.05, 4.69) is 26.3 Å². The highest BCUT2D eigenvalue weighted by molar-refractivity contribution is 7.46. The van der Waals surface area contributed by atoms with Crippen molar-refractivity contribution in [2.75, 3.05) is 5.48 Å². The van der Waals surface area contributed by atoms with Crippen molar-refractivity contribution in [1.82, 2.24) is 0 Å². The Hall–Kier alpha value is -1.65. The van der Waals surface area contributed by atoms with Gasteiger partial charge in [-0.15, -0.1) is 4.62 Å². The third kappa shape index (κ3) is 6.18. The van der Waals surface area contributed by atoms with Crippen LogP contribution in [0.1, 0.15) is 46.5 Å². The SMILES string of the molecule is CC(C)(C)C1CCC(OP(=O)([NH2+]c2ccccc2)ONc2ccccc2)CC1. The topological polar surface area (TPSA) is 64.2 Å². The molecule has 2 aromatic rings. The lowest BCUT2D eigenvalue weighted by atomic mass is 9.72. The Morgan fingerprint density at radius 3 is 2.07 bits per heavy atom. The van der Waals surface area contributed by atoms with Gasteiger partial charge in [0, 0.05) is 0 Å². The molecule has 2 aromatic carbocycles. The molecule has 0 spiro atoms. The van der Waals surface area contributed by atoms with Crippen LogP contribution in [0.4, 0.5) is 11.4 Å². The molecule has 0 bridgehead atoms. The lowest BCUT2D eigenvalue weighted by Gasteiger charge is -2.36. The number of anilines is 1. The van der Waals surface area contributed by atoms with Gasteiger partial charge in [0.25, 0.3) is 0 Å². The van der Waals surface area contributed by atoms with Crippen molar-refractivity contribution in [2.45, 2.75) is 52.6 Å². The minimum Gasteiger partial charge on any atom is -0.258 e. The van der Waals surface area contributed by atoms with Gasteiger partial charge in [0.05, 0.1) is 11.8 Å². The minimum atomic E-state index is -3.47.